The molecule has 0 amide bonds. The van der Waals surface area contributed by atoms with E-state index in [1.54, 1.807) is 0 Å². The van der Waals surface area contributed by atoms with E-state index in [4.69, 9.17) is 10.7 Å². The van der Waals surface area contributed by atoms with Crippen molar-refractivity contribution < 1.29 is 0 Å². The summed E-state index contributed by atoms with van der Waals surface area (Å²) in [5.74, 6) is 0. The number of nitrogens with one attached hydrogen (secondary N) is 2. The van der Waals surface area contributed by atoms with Crippen molar-refractivity contribution in [2.45, 2.75) is 52.5 Å². The van der Waals surface area contributed by atoms with Crippen LogP contribution in [0.2, 0.25) is 0 Å². The topological polar surface area (TPSA) is 62.4 Å². The first-order chi connectivity index (χ1) is 26.9. The zero-order valence-corrected chi connectivity index (χ0v) is 32.6. The average Bonchev–Trinajstić information content (AvgIpc) is 3.23. The highest BCUT2D eigenvalue weighted by atomic mass is 14.8. The standard InChI is InChI=1S/C51H52N4/c1-5-11-47(36(3)53-4)48(31-38-13-10-29-54-34-38)41-21-23-42(24-22-41)51-35(2)30-46-33-44(26-28-50(46)55-51)43-25-27-49(52)45(32-43)16-9-12-37-17-19-40(20-18-37)39-14-7-6-8-15-39/h5,7,9-11,13-27,30-34,50,53-54H,6,8,12,28-29,52H2,1-4H3/b11-5-,16-9-,47-36+,48-31-. The minimum absolute atomic E-state index is 0.0996. The second-order valence-electron chi connectivity index (χ2n) is 14.5. The van der Waals surface area contributed by atoms with Crippen LogP contribution in [0.3, 0.4) is 0 Å². The van der Waals surface area contributed by atoms with Gasteiger partial charge in [-0.2, -0.15) is 0 Å². The van der Waals surface area contributed by atoms with Crippen molar-refractivity contribution >= 4 is 34.2 Å². The molecule has 2 aliphatic carbocycles. The summed E-state index contributed by atoms with van der Waals surface area (Å²) in [6, 6.07) is 24.3. The monoisotopic (exact) mass is 720 g/mol. The van der Waals surface area contributed by atoms with Crippen molar-refractivity contribution in [1.82, 2.24) is 10.6 Å². The summed E-state index contributed by atoms with van der Waals surface area (Å²) in [6.07, 6.45) is 35.0. The molecular weight excluding hydrogens is 669 g/mol. The number of hydrogen-bond acceptors (Lipinski definition) is 4. The van der Waals surface area contributed by atoms with E-state index in [1.807, 2.05) is 13.1 Å². The van der Waals surface area contributed by atoms with Gasteiger partial charge in [0.15, 0.2) is 0 Å². The van der Waals surface area contributed by atoms with E-state index < -0.39 is 0 Å². The molecule has 4 N–H and O–H groups in total. The molecule has 1 atom stereocenters. The molecule has 7 rings (SSSR count). The Kier molecular flexibility index (Phi) is 11.7. The first kappa shape index (κ1) is 37.2. The Hall–Kier alpha value is -6.13. The van der Waals surface area contributed by atoms with Gasteiger partial charge in [0.25, 0.3) is 0 Å². The van der Waals surface area contributed by atoms with Crippen LogP contribution in [0.4, 0.5) is 5.69 Å². The second-order valence-corrected chi connectivity index (χ2v) is 14.5. The van der Waals surface area contributed by atoms with Crippen LogP contribution >= 0.6 is 0 Å². The minimum Gasteiger partial charge on any atom is -0.398 e. The number of anilines is 1. The van der Waals surface area contributed by atoms with E-state index in [0.717, 1.165) is 71.6 Å². The summed E-state index contributed by atoms with van der Waals surface area (Å²) >= 11 is 0. The van der Waals surface area contributed by atoms with Crippen LogP contribution in [0.1, 0.15) is 73.4 Å². The SMILES string of the molecule is C\C=C/C(C(=C\C1=CNCC=C1)/c1ccc(C2=NC3CC=C(c4ccc(N)c(/C=C\Cc5ccc(C6=CCCC=C6)cc5)c4)C=C3C=C2C)cc1)=C(/C)NC. The predicted octanol–water partition coefficient (Wildman–Crippen LogP) is 11.3. The van der Waals surface area contributed by atoms with Gasteiger partial charge >= 0.3 is 0 Å². The lowest BCUT2D eigenvalue weighted by Crippen LogP contribution is -2.20. The number of allylic oxidation sites excluding steroid dienone is 16. The van der Waals surface area contributed by atoms with Crippen LogP contribution in [0.5, 0.6) is 0 Å². The van der Waals surface area contributed by atoms with E-state index in [9.17, 15) is 0 Å². The Morgan fingerprint density at radius 3 is 2.44 bits per heavy atom. The Morgan fingerprint density at radius 1 is 0.909 bits per heavy atom. The number of nitrogens with two attached hydrogens (primary N) is 1. The van der Waals surface area contributed by atoms with Gasteiger partial charge in [0, 0.05) is 36.7 Å². The maximum Gasteiger partial charge on any atom is 0.0791 e. The van der Waals surface area contributed by atoms with Gasteiger partial charge in [-0.3, -0.25) is 4.99 Å². The molecule has 4 heteroatoms. The van der Waals surface area contributed by atoms with Crippen molar-refractivity contribution in [1.29, 1.82) is 0 Å². The molecule has 55 heavy (non-hydrogen) atoms. The first-order valence-electron chi connectivity index (χ1n) is 19.5. The lowest BCUT2D eigenvalue weighted by Gasteiger charge is -2.25. The van der Waals surface area contributed by atoms with Crippen molar-refractivity contribution in [2.24, 2.45) is 4.99 Å². The summed E-state index contributed by atoms with van der Waals surface area (Å²) in [7, 11) is 1.98. The number of aliphatic imine (C=N–C) groups is 1. The molecule has 0 saturated carbocycles. The molecule has 0 spiro atoms. The van der Waals surface area contributed by atoms with E-state index in [1.165, 1.54) is 50.1 Å². The van der Waals surface area contributed by atoms with Crippen LogP contribution in [0.15, 0.2) is 179 Å². The second kappa shape index (κ2) is 17.3. The van der Waals surface area contributed by atoms with Gasteiger partial charge in [-0.15, -0.1) is 0 Å². The normalized spacial score (nSPS) is 18.8. The lowest BCUT2D eigenvalue weighted by molar-refractivity contribution is 0.789. The van der Waals surface area contributed by atoms with Gasteiger partial charge in [0.2, 0.25) is 0 Å². The number of benzene rings is 3. The third-order valence-electron chi connectivity index (χ3n) is 10.7. The lowest BCUT2D eigenvalue weighted by atomic mass is 9.86. The third kappa shape index (κ3) is 8.82. The summed E-state index contributed by atoms with van der Waals surface area (Å²) in [6.45, 7) is 7.22. The molecule has 4 aliphatic rings. The molecule has 0 aromatic heterocycles. The van der Waals surface area contributed by atoms with E-state index in [0.29, 0.717) is 0 Å². The van der Waals surface area contributed by atoms with Crippen molar-refractivity contribution in [3.63, 3.8) is 0 Å². The number of nitrogen functional groups attached to an aromatic ring is 1. The summed E-state index contributed by atoms with van der Waals surface area (Å²) in [4.78, 5) is 5.32. The molecule has 4 nitrogen and oxygen atoms in total. The van der Waals surface area contributed by atoms with Crippen LogP contribution in [-0.2, 0) is 6.42 Å². The summed E-state index contributed by atoms with van der Waals surface area (Å²) in [5.41, 5.74) is 25.0. The fourth-order valence-electron chi connectivity index (χ4n) is 7.52. The fourth-order valence-corrected chi connectivity index (χ4v) is 7.52. The third-order valence-corrected chi connectivity index (χ3v) is 10.7. The average molecular weight is 721 g/mol. The van der Waals surface area contributed by atoms with E-state index in [2.05, 4.69) is 177 Å². The Morgan fingerprint density at radius 2 is 1.71 bits per heavy atom. The number of nitrogens with zero attached hydrogens (tertiary/aromatic N) is 1. The number of hydrogen-bond donors (Lipinski definition) is 3. The zero-order valence-electron chi connectivity index (χ0n) is 32.6. The highest BCUT2D eigenvalue weighted by Gasteiger charge is 2.23. The van der Waals surface area contributed by atoms with Crippen LogP contribution in [0, 0.1) is 0 Å². The quantitative estimate of drug-likeness (QED) is 0.136. The Balaban J connectivity index is 1.06. The van der Waals surface area contributed by atoms with Gasteiger partial charge < -0.3 is 16.4 Å². The van der Waals surface area contributed by atoms with Crippen LogP contribution in [-0.4, -0.2) is 25.3 Å². The Labute approximate surface area is 327 Å². The van der Waals surface area contributed by atoms with Crippen molar-refractivity contribution in [3.05, 3.63) is 207 Å². The maximum atomic E-state index is 6.47. The number of rotatable bonds is 11. The van der Waals surface area contributed by atoms with Gasteiger partial charge in [0.1, 0.15) is 0 Å². The molecular formula is C51H52N4. The van der Waals surface area contributed by atoms with Gasteiger partial charge in [-0.25, -0.2) is 0 Å². The van der Waals surface area contributed by atoms with Crippen molar-refractivity contribution in [3.8, 4) is 0 Å². The highest BCUT2D eigenvalue weighted by molar-refractivity contribution is 6.13. The minimum atomic E-state index is 0.0996. The van der Waals surface area contributed by atoms with Gasteiger partial charge in [-0.1, -0.05) is 121 Å². The number of dihydropyridines is 2. The number of fused-ring (bicyclic) bond motifs is 1. The van der Waals surface area contributed by atoms with E-state index >= 15 is 0 Å². The van der Waals surface area contributed by atoms with E-state index in [-0.39, 0.29) is 6.04 Å². The van der Waals surface area contributed by atoms with Gasteiger partial charge in [0.05, 0.1) is 11.8 Å². The van der Waals surface area contributed by atoms with Crippen LogP contribution < -0.4 is 16.4 Å². The van der Waals surface area contributed by atoms with Crippen LogP contribution in [0.25, 0.3) is 22.8 Å². The fraction of sp³-hybridized carbons (Fsp3) is 0.196. The molecule has 1 unspecified atom stereocenters. The molecule has 2 aliphatic heterocycles. The molecule has 3 aromatic carbocycles. The van der Waals surface area contributed by atoms with Gasteiger partial charge in [-0.05, 0) is 138 Å². The Bertz CT molecular complexity index is 2310. The predicted molar refractivity (Wildman–Crippen MR) is 237 cm³/mol. The zero-order chi connectivity index (χ0) is 38.1. The molecule has 2 heterocycles. The molecule has 0 radical (unpaired) electrons. The van der Waals surface area contributed by atoms with Crippen molar-refractivity contribution in [2.75, 3.05) is 19.3 Å². The first-order valence-corrected chi connectivity index (χ1v) is 19.5. The smallest absolute Gasteiger partial charge is 0.0791 e. The molecule has 0 saturated heterocycles. The molecule has 0 fully saturated rings. The maximum absolute atomic E-state index is 6.47. The largest absolute Gasteiger partial charge is 0.398 e. The molecule has 276 valence electrons. The molecule has 3 aromatic rings. The summed E-state index contributed by atoms with van der Waals surface area (Å²) in [5, 5.41) is 6.70. The summed E-state index contributed by atoms with van der Waals surface area (Å²) < 4.78 is 0. The molecule has 0 bridgehead atoms. The highest BCUT2D eigenvalue weighted by Crippen LogP contribution is 2.35.